The number of carbonyl (C=O) groups is 1. The van der Waals surface area contributed by atoms with E-state index in [0.29, 0.717) is 6.54 Å². The van der Waals surface area contributed by atoms with Gasteiger partial charge in [0.2, 0.25) is 0 Å². The zero-order valence-electron chi connectivity index (χ0n) is 16.3. The summed E-state index contributed by atoms with van der Waals surface area (Å²) in [6, 6.07) is 10.8. The smallest absolute Gasteiger partial charge is 0.313 e. The van der Waals surface area contributed by atoms with Crippen LogP contribution in [0.15, 0.2) is 46.2 Å². The third-order valence-electron chi connectivity index (χ3n) is 5.24. The summed E-state index contributed by atoms with van der Waals surface area (Å²) in [5.74, 6) is -1.14. The van der Waals surface area contributed by atoms with Crippen LogP contribution in [0.5, 0.6) is 0 Å². The second kappa shape index (κ2) is 7.17. The number of hydrogen-bond donors (Lipinski definition) is 1. The number of fused-ring (bicyclic) bond motifs is 2. The lowest BCUT2D eigenvalue weighted by Crippen LogP contribution is -2.39. The summed E-state index contributed by atoms with van der Waals surface area (Å²) in [5, 5.41) is 9.80. The Morgan fingerprint density at radius 3 is 2.59 bits per heavy atom. The lowest BCUT2D eigenvalue weighted by Gasteiger charge is -2.39. The number of hydrogen-bond acceptors (Lipinski definition) is 4. The number of rotatable bonds is 5. The Morgan fingerprint density at radius 2 is 1.96 bits per heavy atom. The maximum Gasteiger partial charge on any atom is 0.313 e. The van der Waals surface area contributed by atoms with E-state index in [2.05, 4.69) is 16.7 Å². The van der Waals surface area contributed by atoms with Crippen molar-refractivity contribution in [2.45, 2.75) is 42.0 Å². The van der Waals surface area contributed by atoms with E-state index >= 15 is 0 Å². The van der Waals surface area contributed by atoms with Gasteiger partial charge >= 0.3 is 5.97 Å². The van der Waals surface area contributed by atoms with E-state index in [0.717, 1.165) is 26.7 Å². The van der Waals surface area contributed by atoms with E-state index < -0.39 is 11.4 Å². The number of nitrogens with zero attached hydrogens (tertiary/aromatic N) is 2. The minimum Gasteiger partial charge on any atom is -0.481 e. The van der Waals surface area contributed by atoms with Crippen LogP contribution >= 0.6 is 11.8 Å². The second-order valence-electron chi connectivity index (χ2n) is 7.72. The average molecular weight is 389 g/mol. The van der Waals surface area contributed by atoms with Crippen LogP contribution in [0.3, 0.4) is 0 Å². The van der Waals surface area contributed by atoms with Gasteiger partial charge in [-0.25, -0.2) is 4.39 Å². The van der Waals surface area contributed by atoms with Crippen molar-refractivity contribution in [2.75, 3.05) is 25.5 Å². The molecule has 1 unspecified atom stereocenters. The fraction of sp³-hybridized carbons (Fsp3) is 0.381. The highest BCUT2D eigenvalue weighted by Crippen LogP contribution is 2.51. The highest BCUT2D eigenvalue weighted by Gasteiger charge is 2.37. The molecule has 0 amide bonds. The van der Waals surface area contributed by atoms with E-state index in [1.54, 1.807) is 26.0 Å². The quantitative estimate of drug-likeness (QED) is 0.801. The van der Waals surface area contributed by atoms with Crippen LogP contribution in [0.25, 0.3) is 0 Å². The molecule has 6 heteroatoms. The van der Waals surface area contributed by atoms with Gasteiger partial charge in [-0.05, 0) is 64.7 Å². The van der Waals surface area contributed by atoms with Crippen LogP contribution < -0.4 is 4.90 Å². The SMILES string of the molecule is CC(CN1c2ccc(F)cc2Sc2cccc(C(C)(C)C(=O)O)c21)N(C)C. The van der Waals surface area contributed by atoms with Crippen molar-refractivity contribution in [3.8, 4) is 0 Å². The molecule has 1 heterocycles. The Hall–Kier alpha value is -2.05. The predicted octanol–water partition coefficient (Wildman–Crippen LogP) is 4.74. The first-order chi connectivity index (χ1) is 12.6. The Bertz CT molecular complexity index is 882. The third-order valence-corrected chi connectivity index (χ3v) is 6.33. The molecule has 0 aliphatic carbocycles. The van der Waals surface area contributed by atoms with Gasteiger partial charge in [-0.1, -0.05) is 23.9 Å². The van der Waals surface area contributed by atoms with Gasteiger partial charge in [-0.2, -0.15) is 0 Å². The van der Waals surface area contributed by atoms with Crippen LogP contribution in [-0.2, 0) is 10.2 Å². The molecule has 0 saturated heterocycles. The maximum absolute atomic E-state index is 13.8. The van der Waals surface area contributed by atoms with Gasteiger partial charge in [0.25, 0.3) is 0 Å². The summed E-state index contributed by atoms with van der Waals surface area (Å²) < 4.78 is 13.8. The Kier molecular flexibility index (Phi) is 5.23. The van der Waals surface area contributed by atoms with Crippen LogP contribution in [0.4, 0.5) is 15.8 Å². The number of carboxylic acid groups (broad SMARTS) is 1. The van der Waals surface area contributed by atoms with Gasteiger partial charge in [0.15, 0.2) is 0 Å². The van der Waals surface area contributed by atoms with Crippen LogP contribution in [0, 0.1) is 5.82 Å². The number of aliphatic carboxylic acids is 1. The summed E-state index contributed by atoms with van der Waals surface area (Å²) in [6.45, 7) is 6.24. The first-order valence-electron chi connectivity index (χ1n) is 8.91. The standard InChI is InChI=1S/C21H25FN2O2S/c1-13(23(4)5)12-24-16-10-9-14(22)11-18(16)27-17-8-6-7-15(19(17)24)21(2,3)20(25)26/h6-11,13H,12H2,1-5H3,(H,25,26). The summed E-state index contributed by atoms with van der Waals surface area (Å²) in [7, 11) is 4.03. The molecule has 1 aliphatic heterocycles. The first-order valence-corrected chi connectivity index (χ1v) is 9.73. The lowest BCUT2D eigenvalue weighted by atomic mass is 9.83. The van der Waals surface area contributed by atoms with Gasteiger partial charge in [0.1, 0.15) is 5.82 Å². The molecule has 3 rings (SSSR count). The van der Waals surface area contributed by atoms with Gasteiger partial charge in [0, 0.05) is 22.4 Å². The zero-order chi connectivity index (χ0) is 19.9. The van der Waals surface area contributed by atoms with E-state index in [9.17, 15) is 14.3 Å². The fourth-order valence-corrected chi connectivity index (χ4v) is 4.31. The van der Waals surface area contributed by atoms with Crippen molar-refractivity contribution in [2.24, 2.45) is 0 Å². The number of para-hydroxylation sites is 1. The molecule has 144 valence electrons. The fourth-order valence-electron chi connectivity index (χ4n) is 3.15. The van der Waals surface area contributed by atoms with Gasteiger partial charge in [0.05, 0.1) is 16.8 Å². The first kappa shape index (κ1) is 19.7. The van der Waals surface area contributed by atoms with E-state index in [1.807, 2.05) is 32.3 Å². The van der Waals surface area contributed by atoms with Crippen LogP contribution in [0.2, 0.25) is 0 Å². The Morgan fingerprint density at radius 1 is 1.26 bits per heavy atom. The molecule has 2 aromatic rings. The van der Waals surface area contributed by atoms with Gasteiger partial charge < -0.3 is 14.9 Å². The minimum absolute atomic E-state index is 0.222. The molecule has 1 atom stereocenters. The van der Waals surface area contributed by atoms with Crippen molar-refractivity contribution >= 4 is 29.1 Å². The molecule has 27 heavy (non-hydrogen) atoms. The van der Waals surface area contributed by atoms with E-state index in [4.69, 9.17) is 0 Å². The maximum atomic E-state index is 13.8. The Labute approximate surface area is 164 Å². The van der Waals surface area contributed by atoms with Crippen LogP contribution in [-0.4, -0.2) is 42.7 Å². The normalized spacial score (nSPS) is 14.7. The van der Waals surface area contributed by atoms with Crippen molar-refractivity contribution in [3.05, 3.63) is 47.8 Å². The van der Waals surface area contributed by atoms with Crippen molar-refractivity contribution in [3.63, 3.8) is 0 Å². The third kappa shape index (κ3) is 3.56. The van der Waals surface area contributed by atoms with Gasteiger partial charge in [-0.3, -0.25) is 4.79 Å². The lowest BCUT2D eigenvalue weighted by molar-refractivity contribution is -0.142. The second-order valence-corrected chi connectivity index (χ2v) is 8.80. The van der Waals surface area contributed by atoms with E-state index in [1.165, 1.54) is 17.8 Å². The molecule has 1 N–H and O–H groups in total. The molecule has 0 spiro atoms. The number of likely N-dealkylation sites (N-methyl/N-ethyl adjacent to an activating group) is 1. The molecule has 0 aromatic heterocycles. The Balaban J connectivity index is 2.22. The van der Waals surface area contributed by atoms with E-state index in [-0.39, 0.29) is 11.9 Å². The summed E-state index contributed by atoms with van der Waals surface area (Å²) in [4.78, 5) is 18.0. The van der Waals surface area contributed by atoms with Crippen LogP contribution in [0.1, 0.15) is 26.3 Å². The molecule has 0 fully saturated rings. The molecular weight excluding hydrogens is 363 g/mol. The zero-order valence-corrected chi connectivity index (χ0v) is 17.1. The topological polar surface area (TPSA) is 43.8 Å². The molecule has 0 radical (unpaired) electrons. The number of halogens is 1. The number of benzene rings is 2. The molecular formula is C21H25FN2O2S. The summed E-state index contributed by atoms with van der Waals surface area (Å²) in [6.07, 6.45) is 0. The molecule has 2 aromatic carbocycles. The molecule has 0 bridgehead atoms. The number of anilines is 2. The van der Waals surface area contributed by atoms with Crippen molar-refractivity contribution in [1.29, 1.82) is 0 Å². The predicted molar refractivity (Wildman–Crippen MR) is 108 cm³/mol. The van der Waals surface area contributed by atoms with Gasteiger partial charge in [-0.15, -0.1) is 0 Å². The minimum atomic E-state index is -1.04. The van der Waals surface area contributed by atoms with Crippen molar-refractivity contribution < 1.29 is 14.3 Å². The highest BCUT2D eigenvalue weighted by atomic mass is 32.2. The number of carboxylic acids is 1. The summed E-state index contributed by atoms with van der Waals surface area (Å²) >= 11 is 1.49. The molecule has 0 saturated carbocycles. The average Bonchev–Trinajstić information content (AvgIpc) is 2.60. The summed E-state index contributed by atoms with van der Waals surface area (Å²) in [5.41, 5.74) is 1.54. The molecule has 1 aliphatic rings. The van der Waals surface area contributed by atoms with Crippen molar-refractivity contribution in [1.82, 2.24) is 4.90 Å². The molecule has 4 nitrogen and oxygen atoms in total. The highest BCUT2D eigenvalue weighted by molar-refractivity contribution is 7.99. The largest absolute Gasteiger partial charge is 0.481 e. The monoisotopic (exact) mass is 388 g/mol.